The highest BCUT2D eigenvalue weighted by atomic mass is 15.2. The molecule has 0 saturated carbocycles. The normalized spacial score (nSPS) is 13.2. The first-order valence-electron chi connectivity index (χ1n) is 14.5. The summed E-state index contributed by atoms with van der Waals surface area (Å²) in [6, 6.07) is 12.9. The number of rotatable bonds is 11. The molecule has 0 radical (unpaired) electrons. The first-order valence-corrected chi connectivity index (χ1v) is 14.5. The van der Waals surface area contributed by atoms with E-state index in [1.807, 2.05) is 0 Å². The maximum Gasteiger partial charge on any atom is 0.157 e. The van der Waals surface area contributed by atoms with E-state index in [9.17, 15) is 0 Å². The molecule has 0 fully saturated rings. The van der Waals surface area contributed by atoms with Gasteiger partial charge >= 0.3 is 0 Å². The Kier molecular flexibility index (Phi) is 8.90. The highest BCUT2D eigenvalue weighted by molar-refractivity contribution is 5.89. The lowest BCUT2D eigenvalue weighted by Gasteiger charge is -2.35. The van der Waals surface area contributed by atoms with Crippen LogP contribution < -0.4 is 10.6 Å². The molecule has 0 bridgehead atoms. The van der Waals surface area contributed by atoms with E-state index >= 15 is 0 Å². The van der Waals surface area contributed by atoms with Gasteiger partial charge in [-0.05, 0) is 63.4 Å². The molecule has 0 aliphatic rings. The molecular weight excluding hydrogens is 466 g/mol. The van der Waals surface area contributed by atoms with Gasteiger partial charge in [-0.25, -0.2) is 9.97 Å². The summed E-state index contributed by atoms with van der Waals surface area (Å²) in [5.41, 5.74) is 3.55. The van der Waals surface area contributed by atoms with Gasteiger partial charge in [-0.3, -0.25) is 0 Å². The highest BCUT2D eigenvalue weighted by Gasteiger charge is 2.29. The summed E-state index contributed by atoms with van der Waals surface area (Å²) in [6.07, 6.45) is 5.27. The zero-order valence-corrected chi connectivity index (χ0v) is 26.0. The topological polar surface area (TPSA) is 54.8 Å². The van der Waals surface area contributed by atoms with Crippen LogP contribution in [0.15, 0.2) is 36.4 Å². The summed E-state index contributed by atoms with van der Waals surface area (Å²) in [7, 11) is 0. The SMILES string of the molecule is CCCCc1nc2c(NC(C)(C)CC(C)(C)C)nc(NC(C)(C)CC(C)(C)C)cc2n1Cc1ccccc1. The molecule has 3 rings (SSSR count). The Morgan fingerprint density at radius 2 is 1.34 bits per heavy atom. The first-order chi connectivity index (χ1) is 17.5. The molecule has 0 aliphatic heterocycles. The fraction of sp³-hybridized carbons (Fsp3) is 0.636. The van der Waals surface area contributed by atoms with E-state index in [2.05, 4.69) is 128 Å². The molecule has 5 heteroatoms. The zero-order valence-electron chi connectivity index (χ0n) is 26.0. The summed E-state index contributed by atoms with van der Waals surface area (Å²) in [4.78, 5) is 10.4. The van der Waals surface area contributed by atoms with Crippen molar-refractivity contribution in [1.29, 1.82) is 0 Å². The summed E-state index contributed by atoms with van der Waals surface area (Å²) < 4.78 is 2.41. The van der Waals surface area contributed by atoms with Crippen molar-refractivity contribution in [2.45, 2.75) is 126 Å². The third-order valence-corrected chi connectivity index (χ3v) is 6.62. The summed E-state index contributed by atoms with van der Waals surface area (Å²) >= 11 is 0. The van der Waals surface area contributed by atoms with Gasteiger partial charge in [0, 0.05) is 30.1 Å². The van der Waals surface area contributed by atoms with E-state index in [-0.39, 0.29) is 21.9 Å². The molecule has 0 aliphatic carbocycles. The van der Waals surface area contributed by atoms with Crippen LogP contribution in [0.2, 0.25) is 0 Å². The predicted molar refractivity (Wildman–Crippen MR) is 165 cm³/mol. The second-order valence-electron chi connectivity index (χ2n) is 14.9. The molecule has 210 valence electrons. The Morgan fingerprint density at radius 1 is 0.763 bits per heavy atom. The number of nitrogens with one attached hydrogen (secondary N) is 2. The second-order valence-corrected chi connectivity index (χ2v) is 14.9. The van der Waals surface area contributed by atoms with Gasteiger partial charge in [0.1, 0.15) is 17.2 Å². The van der Waals surface area contributed by atoms with Gasteiger partial charge in [-0.1, -0.05) is 85.2 Å². The van der Waals surface area contributed by atoms with Crippen molar-refractivity contribution in [1.82, 2.24) is 14.5 Å². The first kappa shape index (κ1) is 30.0. The van der Waals surface area contributed by atoms with Crippen LogP contribution in [0.3, 0.4) is 0 Å². The van der Waals surface area contributed by atoms with Crippen LogP contribution in [0.5, 0.6) is 0 Å². The van der Waals surface area contributed by atoms with Gasteiger partial charge in [0.05, 0.1) is 5.52 Å². The van der Waals surface area contributed by atoms with Gasteiger partial charge in [-0.2, -0.15) is 0 Å². The van der Waals surface area contributed by atoms with E-state index in [1.54, 1.807) is 0 Å². The molecule has 2 N–H and O–H groups in total. The van der Waals surface area contributed by atoms with Crippen LogP contribution in [0.25, 0.3) is 11.0 Å². The molecule has 0 spiro atoms. The lowest BCUT2D eigenvalue weighted by Crippen LogP contribution is -2.37. The summed E-state index contributed by atoms with van der Waals surface area (Å²) in [5.74, 6) is 2.91. The van der Waals surface area contributed by atoms with Crippen molar-refractivity contribution >= 4 is 22.7 Å². The maximum absolute atomic E-state index is 5.23. The zero-order chi connectivity index (χ0) is 28.4. The van der Waals surface area contributed by atoms with Gasteiger partial charge < -0.3 is 15.2 Å². The van der Waals surface area contributed by atoms with Crippen LogP contribution in [-0.2, 0) is 13.0 Å². The molecule has 3 aromatic rings. The Morgan fingerprint density at radius 3 is 1.89 bits per heavy atom. The number of nitrogens with zero attached hydrogens (tertiary/aromatic N) is 3. The maximum atomic E-state index is 5.23. The molecule has 0 amide bonds. The average molecular weight is 520 g/mol. The highest BCUT2D eigenvalue weighted by Crippen LogP contribution is 2.35. The number of benzene rings is 1. The minimum absolute atomic E-state index is 0.105. The van der Waals surface area contributed by atoms with Crippen molar-refractivity contribution < 1.29 is 0 Å². The average Bonchev–Trinajstić information content (AvgIpc) is 3.06. The number of unbranched alkanes of at least 4 members (excludes halogenated alkanes) is 1. The van der Waals surface area contributed by atoms with Crippen molar-refractivity contribution in [2.24, 2.45) is 10.8 Å². The number of imidazole rings is 1. The summed E-state index contributed by atoms with van der Waals surface area (Å²) in [6.45, 7) is 25.9. The number of fused-ring (bicyclic) bond motifs is 1. The van der Waals surface area contributed by atoms with Crippen LogP contribution in [0.4, 0.5) is 11.6 Å². The van der Waals surface area contributed by atoms with E-state index in [0.717, 1.165) is 67.1 Å². The standard InChI is InChI=1S/C33H53N5/c1-12-13-19-27-35-28-25(38(27)21-24-17-15-14-16-18-24)20-26(36-32(8,9)22-30(2,3)4)34-29(28)37-33(10,11)23-31(5,6)7/h14-18,20H,12-13,19,21-23H2,1-11H3,(H2,34,36,37). The minimum atomic E-state index is -0.134. The monoisotopic (exact) mass is 519 g/mol. The molecule has 2 heterocycles. The van der Waals surface area contributed by atoms with Crippen molar-refractivity contribution in [2.75, 3.05) is 10.6 Å². The van der Waals surface area contributed by atoms with E-state index in [4.69, 9.17) is 9.97 Å². The molecule has 38 heavy (non-hydrogen) atoms. The quantitative estimate of drug-likeness (QED) is 0.265. The van der Waals surface area contributed by atoms with Crippen LogP contribution >= 0.6 is 0 Å². The van der Waals surface area contributed by atoms with Crippen LogP contribution in [-0.4, -0.2) is 25.6 Å². The summed E-state index contributed by atoms with van der Waals surface area (Å²) in [5, 5.41) is 7.62. The fourth-order valence-corrected chi connectivity index (χ4v) is 6.20. The van der Waals surface area contributed by atoms with Gasteiger partial charge in [0.2, 0.25) is 0 Å². The van der Waals surface area contributed by atoms with Crippen molar-refractivity contribution in [3.8, 4) is 0 Å². The van der Waals surface area contributed by atoms with Gasteiger partial charge in [-0.15, -0.1) is 0 Å². The molecule has 2 aromatic heterocycles. The Hall–Kier alpha value is -2.56. The Balaban J connectivity index is 2.17. The van der Waals surface area contributed by atoms with E-state index < -0.39 is 0 Å². The van der Waals surface area contributed by atoms with E-state index in [1.165, 1.54) is 5.56 Å². The number of pyridine rings is 1. The lowest BCUT2D eigenvalue weighted by atomic mass is 9.82. The number of aromatic nitrogens is 3. The number of hydrogen-bond acceptors (Lipinski definition) is 4. The fourth-order valence-electron chi connectivity index (χ4n) is 6.20. The van der Waals surface area contributed by atoms with Crippen molar-refractivity contribution in [3.05, 3.63) is 47.8 Å². The molecular formula is C33H53N5. The predicted octanol–water partition coefficient (Wildman–Crippen LogP) is 9.08. The third-order valence-electron chi connectivity index (χ3n) is 6.62. The molecule has 1 aromatic carbocycles. The van der Waals surface area contributed by atoms with Crippen molar-refractivity contribution in [3.63, 3.8) is 0 Å². The van der Waals surface area contributed by atoms with E-state index in [0.29, 0.717) is 0 Å². The Bertz CT molecular complexity index is 1190. The molecule has 0 atom stereocenters. The minimum Gasteiger partial charge on any atom is -0.365 e. The van der Waals surface area contributed by atoms with Gasteiger partial charge in [0.25, 0.3) is 0 Å². The molecule has 0 saturated heterocycles. The number of aryl methyl sites for hydroxylation is 1. The lowest BCUT2D eigenvalue weighted by molar-refractivity contribution is 0.301. The largest absolute Gasteiger partial charge is 0.365 e. The number of anilines is 2. The third kappa shape index (κ3) is 8.74. The van der Waals surface area contributed by atoms with Gasteiger partial charge in [0.15, 0.2) is 5.82 Å². The Labute approximate surface area is 232 Å². The number of hydrogen-bond donors (Lipinski definition) is 2. The molecule has 0 unspecified atom stereocenters. The van der Waals surface area contributed by atoms with Crippen LogP contribution in [0.1, 0.15) is 113 Å². The molecule has 5 nitrogen and oxygen atoms in total. The smallest absolute Gasteiger partial charge is 0.157 e. The second kappa shape index (κ2) is 11.3. The van der Waals surface area contributed by atoms with Crippen LogP contribution in [0, 0.1) is 10.8 Å².